The second-order valence-electron chi connectivity index (χ2n) is 5.50. The molecule has 0 saturated carbocycles. The number of rotatable bonds is 7. The van der Waals surface area contributed by atoms with E-state index in [-0.39, 0.29) is 23.5 Å². The molecule has 0 aliphatic heterocycles. The fraction of sp³-hybridized carbons (Fsp3) is 0.167. The maximum atomic E-state index is 13.2. The fourth-order valence-corrected chi connectivity index (χ4v) is 3.83. The topological polar surface area (TPSA) is 66.9 Å². The summed E-state index contributed by atoms with van der Waals surface area (Å²) in [7, 11) is 0. The van der Waals surface area contributed by atoms with E-state index in [2.05, 4.69) is 20.8 Å². The predicted molar refractivity (Wildman–Crippen MR) is 103 cm³/mol. The van der Waals surface area contributed by atoms with E-state index >= 15 is 0 Å². The molecule has 0 fully saturated rings. The van der Waals surface area contributed by atoms with Gasteiger partial charge in [-0.25, -0.2) is 4.39 Å². The summed E-state index contributed by atoms with van der Waals surface area (Å²) >= 11 is 2.64. The monoisotopic (exact) mass is 388 g/mol. The molecule has 2 aromatic carbocycles. The van der Waals surface area contributed by atoms with E-state index in [4.69, 9.17) is 0 Å². The molecule has 0 aliphatic carbocycles. The van der Waals surface area contributed by atoms with Crippen molar-refractivity contribution in [2.75, 3.05) is 11.1 Å². The van der Waals surface area contributed by atoms with Crippen molar-refractivity contribution in [3.8, 4) is 0 Å². The maximum absolute atomic E-state index is 13.2. The molecule has 3 aromatic rings. The van der Waals surface area contributed by atoms with Crippen LogP contribution in [-0.2, 0) is 4.79 Å². The van der Waals surface area contributed by atoms with E-state index in [9.17, 15) is 9.18 Å². The van der Waals surface area contributed by atoms with Crippen molar-refractivity contribution in [3.05, 3.63) is 66.0 Å². The first-order chi connectivity index (χ1) is 12.6. The zero-order valence-electron chi connectivity index (χ0n) is 14.0. The smallest absolute Gasteiger partial charge is 0.230 e. The van der Waals surface area contributed by atoms with Gasteiger partial charge in [-0.15, -0.1) is 10.2 Å². The number of carbonyl (C=O) groups excluding carboxylic acids is 1. The number of anilines is 2. The molecule has 1 heterocycles. The summed E-state index contributed by atoms with van der Waals surface area (Å²) in [6.07, 6.45) is 0. The van der Waals surface area contributed by atoms with Gasteiger partial charge in [0.15, 0.2) is 4.34 Å². The molecule has 0 spiro atoms. The predicted octanol–water partition coefficient (Wildman–Crippen LogP) is 4.39. The lowest BCUT2D eigenvalue weighted by atomic mass is 10.1. The van der Waals surface area contributed by atoms with Crippen LogP contribution in [0, 0.1) is 5.82 Å². The largest absolute Gasteiger partial charge is 0.349 e. The highest BCUT2D eigenvalue weighted by molar-refractivity contribution is 8.01. The number of nitrogens with zero attached hydrogens (tertiary/aromatic N) is 2. The van der Waals surface area contributed by atoms with Gasteiger partial charge in [0, 0.05) is 5.69 Å². The van der Waals surface area contributed by atoms with Gasteiger partial charge in [-0.2, -0.15) is 0 Å². The van der Waals surface area contributed by atoms with Crippen molar-refractivity contribution in [1.29, 1.82) is 0 Å². The van der Waals surface area contributed by atoms with Crippen LogP contribution in [0.2, 0.25) is 0 Å². The van der Waals surface area contributed by atoms with E-state index in [1.807, 2.05) is 37.3 Å². The molecular formula is C18H17FN4OS2. The summed E-state index contributed by atoms with van der Waals surface area (Å²) < 4.78 is 13.9. The summed E-state index contributed by atoms with van der Waals surface area (Å²) in [6, 6.07) is 15.9. The summed E-state index contributed by atoms with van der Waals surface area (Å²) in [5, 5.41) is 14.6. The van der Waals surface area contributed by atoms with Gasteiger partial charge in [-0.3, -0.25) is 4.79 Å². The lowest BCUT2D eigenvalue weighted by Crippen LogP contribution is -2.28. The van der Waals surface area contributed by atoms with Crippen LogP contribution in [0.1, 0.15) is 18.5 Å². The van der Waals surface area contributed by atoms with Crippen molar-refractivity contribution in [2.45, 2.75) is 17.3 Å². The molecule has 0 radical (unpaired) electrons. The number of aromatic nitrogens is 2. The van der Waals surface area contributed by atoms with E-state index in [0.29, 0.717) is 15.2 Å². The molecule has 1 atom stereocenters. The second-order valence-corrected chi connectivity index (χ2v) is 7.70. The summed E-state index contributed by atoms with van der Waals surface area (Å²) in [5.74, 6) is -0.134. The number of carbonyl (C=O) groups is 1. The van der Waals surface area contributed by atoms with Gasteiger partial charge in [0.25, 0.3) is 0 Å². The quantitative estimate of drug-likeness (QED) is 0.588. The molecule has 134 valence electrons. The van der Waals surface area contributed by atoms with Crippen LogP contribution < -0.4 is 10.6 Å². The zero-order valence-corrected chi connectivity index (χ0v) is 15.6. The van der Waals surface area contributed by atoms with Gasteiger partial charge in [-0.1, -0.05) is 59.5 Å². The average Bonchev–Trinajstić information content (AvgIpc) is 3.08. The van der Waals surface area contributed by atoms with Crippen LogP contribution in [0.25, 0.3) is 0 Å². The van der Waals surface area contributed by atoms with Gasteiger partial charge >= 0.3 is 0 Å². The van der Waals surface area contributed by atoms with Gasteiger partial charge in [-0.05, 0) is 30.7 Å². The SMILES string of the molecule is C[C@H](NC(=O)CSc1nnc(Nc2cccc(F)c2)s1)c1ccccc1. The Labute approximate surface area is 159 Å². The molecule has 0 unspecified atom stereocenters. The molecule has 3 rings (SSSR count). The molecule has 1 aromatic heterocycles. The zero-order chi connectivity index (χ0) is 18.4. The van der Waals surface area contributed by atoms with Crippen LogP contribution in [0.15, 0.2) is 58.9 Å². The Morgan fingerprint density at radius 3 is 2.77 bits per heavy atom. The fourth-order valence-electron chi connectivity index (χ4n) is 2.24. The van der Waals surface area contributed by atoms with E-state index in [0.717, 1.165) is 5.56 Å². The number of hydrogen-bond acceptors (Lipinski definition) is 6. The van der Waals surface area contributed by atoms with Gasteiger partial charge in [0.2, 0.25) is 11.0 Å². The summed E-state index contributed by atoms with van der Waals surface area (Å²) in [6.45, 7) is 1.95. The highest BCUT2D eigenvalue weighted by Crippen LogP contribution is 2.27. The Morgan fingerprint density at radius 1 is 1.19 bits per heavy atom. The molecule has 0 bridgehead atoms. The van der Waals surface area contributed by atoms with Crippen LogP contribution in [0.3, 0.4) is 0 Å². The Bertz CT molecular complexity index is 872. The first-order valence-electron chi connectivity index (χ1n) is 7.93. The van der Waals surface area contributed by atoms with Crippen molar-refractivity contribution >= 4 is 39.8 Å². The lowest BCUT2D eigenvalue weighted by molar-refractivity contribution is -0.119. The minimum Gasteiger partial charge on any atom is -0.349 e. The van der Waals surface area contributed by atoms with Crippen molar-refractivity contribution < 1.29 is 9.18 Å². The van der Waals surface area contributed by atoms with E-state index in [1.54, 1.807) is 12.1 Å². The van der Waals surface area contributed by atoms with Gasteiger partial charge in [0.05, 0.1) is 11.8 Å². The van der Waals surface area contributed by atoms with Crippen molar-refractivity contribution in [2.24, 2.45) is 0 Å². The highest BCUT2D eigenvalue weighted by atomic mass is 32.2. The van der Waals surface area contributed by atoms with E-state index < -0.39 is 0 Å². The lowest BCUT2D eigenvalue weighted by Gasteiger charge is -2.13. The number of hydrogen-bond donors (Lipinski definition) is 2. The van der Waals surface area contributed by atoms with Gasteiger partial charge < -0.3 is 10.6 Å². The van der Waals surface area contributed by atoms with Gasteiger partial charge in [0.1, 0.15) is 5.82 Å². The first kappa shape index (κ1) is 18.3. The van der Waals surface area contributed by atoms with Crippen LogP contribution in [0.5, 0.6) is 0 Å². The first-order valence-corrected chi connectivity index (χ1v) is 9.73. The Hall–Kier alpha value is -2.45. The number of thioether (sulfide) groups is 1. The molecule has 26 heavy (non-hydrogen) atoms. The second kappa shape index (κ2) is 8.77. The number of amides is 1. The van der Waals surface area contributed by atoms with Crippen LogP contribution in [-0.4, -0.2) is 21.9 Å². The van der Waals surface area contributed by atoms with E-state index in [1.165, 1.54) is 35.2 Å². The maximum Gasteiger partial charge on any atom is 0.230 e. The van der Waals surface area contributed by atoms with Crippen molar-refractivity contribution in [3.63, 3.8) is 0 Å². The number of halogens is 1. The standard InChI is InChI=1S/C18H17FN4OS2/c1-12(13-6-3-2-4-7-13)20-16(24)11-25-18-23-22-17(26-18)21-15-9-5-8-14(19)10-15/h2-10,12H,11H2,1H3,(H,20,24)(H,21,22)/t12-/m0/s1. The molecule has 5 nitrogen and oxygen atoms in total. The Balaban J connectivity index is 1.49. The normalized spacial score (nSPS) is 11.8. The molecule has 1 amide bonds. The molecule has 2 N–H and O–H groups in total. The Morgan fingerprint density at radius 2 is 2.00 bits per heavy atom. The number of nitrogens with one attached hydrogen (secondary N) is 2. The average molecular weight is 388 g/mol. The Kier molecular flexibility index (Phi) is 6.19. The van der Waals surface area contributed by atoms with Crippen LogP contribution in [0.4, 0.5) is 15.2 Å². The molecule has 8 heteroatoms. The molecular weight excluding hydrogens is 371 g/mol. The third-order valence-electron chi connectivity index (χ3n) is 3.49. The third-order valence-corrected chi connectivity index (χ3v) is 5.46. The molecule has 0 saturated heterocycles. The minimum absolute atomic E-state index is 0.0519. The number of benzene rings is 2. The molecule has 0 aliphatic rings. The summed E-state index contributed by atoms with van der Waals surface area (Å²) in [4.78, 5) is 12.1. The minimum atomic E-state index is -0.321. The third kappa shape index (κ3) is 5.27. The highest BCUT2D eigenvalue weighted by Gasteiger charge is 2.12. The summed E-state index contributed by atoms with van der Waals surface area (Å²) in [5.41, 5.74) is 1.66. The van der Waals surface area contributed by atoms with Crippen LogP contribution >= 0.6 is 23.1 Å². The van der Waals surface area contributed by atoms with Crippen molar-refractivity contribution in [1.82, 2.24) is 15.5 Å².